The maximum absolute atomic E-state index is 10.9. The Kier molecular flexibility index (Phi) is 2.23. The Hall–Kier alpha value is -0.510. The normalized spacial score (nSPS) is 19.5. The van der Waals surface area contributed by atoms with Crippen molar-refractivity contribution in [2.45, 2.75) is 0 Å². The minimum atomic E-state index is -3.15. The molecule has 0 amide bonds. The molecule has 0 saturated carbocycles. The fraction of sp³-hybridized carbons (Fsp3) is 0.400. The summed E-state index contributed by atoms with van der Waals surface area (Å²) in [5, 5.41) is 9.94. The van der Waals surface area contributed by atoms with Crippen molar-refractivity contribution in [1.82, 2.24) is 3.71 Å². The molecule has 0 N–H and O–H groups in total. The predicted octanol–water partition coefficient (Wildman–Crippen LogP) is 0.317. The van der Waals surface area contributed by atoms with E-state index in [-0.39, 0.29) is 6.54 Å². The molecule has 11 heavy (non-hydrogen) atoms. The van der Waals surface area contributed by atoms with Crippen molar-refractivity contribution in [2.75, 3.05) is 12.8 Å². The summed E-state index contributed by atoms with van der Waals surface area (Å²) in [4.78, 5) is 0. The molecule has 0 spiro atoms. The molecule has 0 atom stereocenters. The highest BCUT2D eigenvalue weighted by Crippen LogP contribution is 2.25. The molecule has 0 aromatic carbocycles. The molecule has 6 heteroatoms. The van der Waals surface area contributed by atoms with E-state index < -0.39 is 10.0 Å². The van der Waals surface area contributed by atoms with Gasteiger partial charge in [0.15, 0.2) is 0 Å². The van der Waals surface area contributed by atoms with Crippen LogP contribution in [0.15, 0.2) is 11.0 Å². The van der Waals surface area contributed by atoms with Crippen molar-refractivity contribution in [3.05, 3.63) is 11.0 Å². The molecule has 1 rings (SSSR count). The van der Waals surface area contributed by atoms with Crippen LogP contribution < -0.4 is 0 Å². The zero-order chi connectivity index (χ0) is 8.48. The van der Waals surface area contributed by atoms with Gasteiger partial charge in [0.05, 0.1) is 24.4 Å². The van der Waals surface area contributed by atoms with Crippen LogP contribution >= 0.6 is 11.9 Å². The van der Waals surface area contributed by atoms with Crippen LogP contribution in [-0.2, 0) is 10.0 Å². The first-order valence-electron chi connectivity index (χ1n) is 2.77. The van der Waals surface area contributed by atoms with Gasteiger partial charge in [-0.2, -0.15) is 5.26 Å². The second-order valence-electron chi connectivity index (χ2n) is 2.08. The zero-order valence-electron chi connectivity index (χ0n) is 5.81. The van der Waals surface area contributed by atoms with Gasteiger partial charge in [-0.25, -0.2) is 8.42 Å². The third kappa shape index (κ3) is 1.96. The van der Waals surface area contributed by atoms with Crippen LogP contribution in [0.25, 0.3) is 0 Å². The second kappa shape index (κ2) is 2.85. The summed E-state index contributed by atoms with van der Waals surface area (Å²) in [6, 6.07) is 1.90. The van der Waals surface area contributed by atoms with E-state index in [1.807, 2.05) is 6.07 Å². The van der Waals surface area contributed by atoms with Crippen LogP contribution in [0.1, 0.15) is 0 Å². The molecule has 1 aliphatic rings. The van der Waals surface area contributed by atoms with E-state index in [9.17, 15) is 8.42 Å². The van der Waals surface area contributed by atoms with Crippen molar-refractivity contribution < 1.29 is 8.42 Å². The quantitative estimate of drug-likeness (QED) is 0.558. The van der Waals surface area contributed by atoms with E-state index in [0.29, 0.717) is 5.57 Å². The lowest BCUT2D eigenvalue weighted by molar-refractivity contribution is 0.563. The van der Waals surface area contributed by atoms with Gasteiger partial charge in [0.1, 0.15) is 0 Å². The van der Waals surface area contributed by atoms with E-state index in [4.69, 9.17) is 5.26 Å². The van der Waals surface area contributed by atoms with Crippen LogP contribution in [0.4, 0.5) is 0 Å². The first-order valence-corrected chi connectivity index (χ1v) is 5.46. The summed E-state index contributed by atoms with van der Waals surface area (Å²) < 4.78 is 22.9. The van der Waals surface area contributed by atoms with E-state index in [0.717, 1.165) is 18.2 Å². The summed E-state index contributed by atoms with van der Waals surface area (Å²) in [7, 11) is -3.15. The van der Waals surface area contributed by atoms with Gasteiger partial charge in [0, 0.05) is 5.41 Å². The van der Waals surface area contributed by atoms with Crippen LogP contribution in [0.3, 0.4) is 0 Å². The molecule has 0 aromatic rings. The Morgan fingerprint density at radius 1 is 1.82 bits per heavy atom. The summed E-state index contributed by atoms with van der Waals surface area (Å²) in [5.41, 5.74) is 0.487. The van der Waals surface area contributed by atoms with Gasteiger partial charge in [-0.05, 0) is 11.9 Å². The molecule has 4 nitrogen and oxygen atoms in total. The monoisotopic (exact) mass is 190 g/mol. The van der Waals surface area contributed by atoms with E-state index in [1.165, 1.54) is 3.71 Å². The lowest BCUT2D eigenvalue weighted by Crippen LogP contribution is -2.21. The van der Waals surface area contributed by atoms with Crippen LogP contribution in [0.2, 0.25) is 0 Å². The van der Waals surface area contributed by atoms with Crippen molar-refractivity contribution in [3.8, 4) is 6.07 Å². The lowest BCUT2D eigenvalue weighted by atomic mass is 10.4. The third-order valence-electron chi connectivity index (χ3n) is 1.13. The molecule has 0 radical (unpaired) electrons. The van der Waals surface area contributed by atoms with Gasteiger partial charge in [-0.15, -0.1) is 3.71 Å². The first kappa shape index (κ1) is 8.59. The van der Waals surface area contributed by atoms with Gasteiger partial charge in [-0.1, -0.05) is 0 Å². The molecular weight excluding hydrogens is 184 g/mol. The molecule has 0 saturated heterocycles. The Bertz CT molecular complexity index is 325. The Morgan fingerprint density at radius 2 is 2.45 bits per heavy atom. The van der Waals surface area contributed by atoms with Crippen molar-refractivity contribution in [3.63, 3.8) is 0 Å². The third-order valence-corrected chi connectivity index (χ3v) is 3.82. The first-order chi connectivity index (χ1) is 5.04. The van der Waals surface area contributed by atoms with Gasteiger partial charge in [0.25, 0.3) is 0 Å². The maximum Gasteiger partial charge on any atom is 0.221 e. The van der Waals surface area contributed by atoms with E-state index >= 15 is 0 Å². The van der Waals surface area contributed by atoms with Crippen LogP contribution in [-0.4, -0.2) is 24.9 Å². The SMILES string of the molecule is CS(=O)(=O)N1CC(C#N)=CS1. The summed E-state index contributed by atoms with van der Waals surface area (Å²) in [5.74, 6) is 0. The Morgan fingerprint density at radius 3 is 2.73 bits per heavy atom. The highest BCUT2D eigenvalue weighted by atomic mass is 32.3. The Balaban J connectivity index is 2.72. The largest absolute Gasteiger partial charge is 0.221 e. The Labute approximate surface area is 69.7 Å². The molecule has 0 unspecified atom stereocenters. The highest BCUT2D eigenvalue weighted by Gasteiger charge is 2.22. The number of nitrogens with zero attached hydrogens (tertiary/aromatic N) is 2. The average Bonchev–Trinajstić information content (AvgIpc) is 2.32. The van der Waals surface area contributed by atoms with Crippen molar-refractivity contribution in [1.29, 1.82) is 5.26 Å². The van der Waals surface area contributed by atoms with Crippen molar-refractivity contribution in [2.24, 2.45) is 0 Å². The lowest BCUT2D eigenvalue weighted by Gasteiger charge is -2.08. The fourth-order valence-corrected chi connectivity index (χ4v) is 2.31. The fourth-order valence-electron chi connectivity index (χ4n) is 0.593. The number of hydrogen-bond acceptors (Lipinski definition) is 4. The molecule has 1 aliphatic heterocycles. The average molecular weight is 190 g/mol. The number of rotatable bonds is 1. The zero-order valence-corrected chi connectivity index (χ0v) is 7.44. The van der Waals surface area contributed by atoms with Crippen molar-refractivity contribution >= 4 is 22.0 Å². The molecule has 1 heterocycles. The van der Waals surface area contributed by atoms with Gasteiger partial charge >= 0.3 is 0 Å². The number of hydrogen-bond donors (Lipinski definition) is 0. The van der Waals surface area contributed by atoms with Crippen LogP contribution in [0.5, 0.6) is 0 Å². The minimum absolute atomic E-state index is 0.194. The molecule has 0 fully saturated rings. The second-order valence-corrected chi connectivity index (χ2v) is 5.11. The minimum Gasteiger partial charge on any atom is -0.212 e. The molecular formula is C5H6N2O2S2. The smallest absolute Gasteiger partial charge is 0.212 e. The molecule has 60 valence electrons. The number of nitriles is 1. The molecule has 0 aliphatic carbocycles. The molecule has 0 bridgehead atoms. The van der Waals surface area contributed by atoms with E-state index in [2.05, 4.69) is 0 Å². The summed E-state index contributed by atoms with van der Waals surface area (Å²) >= 11 is 1.04. The van der Waals surface area contributed by atoms with E-state index in [1.54, 1.807) is 5.41 Å². The molecule has 0 aromatic heterocycles. The summed E-state index contributed by atoms with van der Waals surface area (Å²) in [6.07, 6.45) is 1.12. The topological polar surface area (TPSA) is 61.2 Å². The van der Waals surface area contributed by atoms with Crippen LogP contribution in [0, 0.1) is 11.3 Å². The van der Waals surface area contributed by atoms with Gasteiger partial charge in [-0.3, -0.25) is 0 Å². The standard InChI is InChI=1S/C5H6N2O2S2/c1-11(8,9)7-3-5(2-6)4-10-7/h4H,3H2,1H3. The maximum atomic E-state index is 10.9. The summed E-state index contributed by atoms with van der Waals surface area (Å²) in [6.45, 7) is 0.194. The van der Waals surface area contributed by atoms with Gasteiger partial charge in [0.2, 0.25) is 10.0 Å². The number of sulfonamides is 1. The van der Waals surface area contributed by atoms with Gasteiger partial charge < -0.3 is 0 Å². The predicted molar refractivity (Wildman–Crippen MR) is 42.8 cm³/mol. The highest BCUT2D eigenvalue weighted by molar-refractivity contribution is 8.10.